The standard InChI is InChI=1S/C16H25N/c1-4-11-17-12-16(10-9-14(16)3)15-7-5-13(2)6-8-15/h5-8,14,17H,4,9-12H2,1-3H3. The molecule has 0 bridgehead atoms. The minimum Gasteiger partial charge on any atom is -0.316 e. The average molecular weight is 231 g/mol. The van der Waals surface area contributed by atoms with Gasteiger partial charge in [-0.2, -0.15) is 0 Å². The van der Waals surface area contributed by atoms with Crippen molar-refractivity contribution in [3.05, 3.63) is 35.4 Å². The van der Waals surface area contributed by atoms with E-state index < -0.39 is 0 Å². The molecule has 1 aromatic rings. The van der Waals surface area contributed by atoms with Gasteiger partial charge in [0.25, 0.3) is 0 Å². The van der Waals surface area contributed by atoms with Crippen LogP contribution in [0.5, 0.6) is 0 Å². The summed E-state index contributed by atoms with van der Waals surface area (Å²) in [7, 11) is 0. The fraction of sp³-hybridized carbons (Fsp3) is 0.625. The van der Waals surface area contributed by atoms with E-state index in [1.54, 1.807) is 0 Å². The monoisotopic (exact) mass is 231 g/mol. The number of hydrogen-bond donors (Lipinski definition) is 1. The molecular formula is C16H25N. The lowest BCUT2D eigenvalue weighted by Crippen LogP contribution is -2.50. The lowest BCUT2D eigenvalue weighted by molar-refractivity contribution is 0.134. The van der Waals surface area contributed by atoms with Crippen molar-refractivity contribution in [3.63, 3.8) is 0 Å². The first kappa shape index (κ1) is 12.6. The summed E-state index contributed by atoms with van der Waals surface area (Å²) < 4.78 is 0. The highest BCUT2D eigenvalue weighted by atomic mass is 14.9. The van der Waals surface area contributed by atoms with E-state index in [9.17, 15) is 0 Å². The van der Waals surface area contributed by atoms with Crippen LogP contribution >= 0.6 is 0 Å². The molecule has 1 heteroatoms. The summed E-state index contributed by atoms with van der Waals surface area (Å²) in [6.07, 6.45) is 3.94. The largest absolute Gasteiger partial charge is 0.316 e. The first-order valence-corrected chi connectivity index (χ1v) is 6.97. The molecule has 0 amide bonds. The average Bonchev–Trinajstić information content (AvgIpc) is 2.34. The van der Waals surface area contributed by atoms with Crippen LogP contribution < -0.4 is 5.32 Å². The molecule has 1 nitrogen and oxygen atoms in total. The highest BCUT2D eigenvalue weighted by Crippen LogP contribution is 2.48. The molecule has 1 N–H and O–H groups in total. The molecule has 1 fully saturated rings. The van der Waals surface area contributed by atoms with E-state index >= 15 is 0 Å². The minimum atomic E-state index is 0.406. The Bertz CT molecular complexity index is 354. The zero-order valence-corrected chi connectivity index (χ0v) is 11.4. The Balaban J connectivity index is 2.14. The molecule has 2 unspecified atom stereocenters. The molecule has 2 atom stereocenters. The van der Waals surface area contributed by atoms with Crippen molar-refractivity contribution in [1.82, 2.24) is 5.32 Å². The van der Waals surface area contributed by atoms with Gasteiger partial charge in [0.1, 0.15) is 0 Å². The van der Waals surface area contributed by atoms with Crippen LogP contribution in [-0.2, 0) is 5.41 Å². The van der Waals surface area contributed by atoms with Crippen LogP contribution in [0.4, 0.5) is 0 Å². The SMILES string of the molecule is CCCNCC1(c2ccc(C)cc2)CCC1C. The van der Waals surface area contributed by atoms with Gasteiger partial charge in [-0.1, -0.05) is 43.7 Å². The Morgan fingerprint density at radius 3 is 2.47 bits per heavy atom. The summed E-state index contributed by atoms with van der Waals surface area (Å²) in [4.78, 5) is 0. The molecule has 1 saturated carbocycles. The van der Waals surface area contributed by atoms with E-state index in [1.807, 2.05) is 0 Å². The maximum atomic E-state index is 3.62. The van der Waals surface area contributed by atoms with Gasteiger partial charge in [-0.05, 0) is 44.2 Å². The summed E-state index contributed by atoms with van der Waals surface area (Å²) in [6, 6.07) is 9.17. The predicted octanol–water partition coefficient (Wildman–Crippen LogP) is 3.66. The molecule has 1 aliphatic rings. The van der Waals surface area contributed by atoms with Crippen LogP contribution in [0.25, 0.3) is 0 Å². The molecule has 0 saturated heterocycles. The second-order valence-electron chi connectivity index (χ2n) is 5.64. The van der Waals surface area contributed by atoms with Crippen LogP contribution in [-0.4, -0.2) is 13.1 Å². The van der Waals surface area contributed by atoms with Gasteiger partial charge in [-0.3, -0.25) is 0 Å². The molecule has 2 rings (SSSR count). The lowest BCUT2D eigenvalue weighted by atomic mass is 9.57. The number of benzene rings is 1. The molecule has 0 heterocycles. The first-order chi connectivity index (χ1) is 8.19. The predicted molar refractivity (Wildman–Crippen MR) is 74.4 cm³/mol. The van der Waals surface area contributed by atoms with E-state index in [1.165, 1.54) is 30.4 Å². The smallest absolute Gasteiger partial charge is 0.0103 e. The molecule has 17 heavy (non-hydrogen) atoms. The Morgan fingerprint density at radius 2 is 2.00 bits per heavy atom. The summed E-state index contributed by atoms with van der Waals surface area (Å²) >= 11 is 0. The molecule has 0 aliphatic heterocycles. The third kappa shape index (κ3) is 2.40. The maximum Gasteiger partial charge on any atom is 0.0103 e. The van der Waals surface area contributed by atoms with Crippen LogP contribution in [0.1, 0.15) is 44.2 Å². The van der Waals surface area contributed by atoms with Crippen molar-refractivity contribution >= 4 is 0 Å². The Hall–Kier alpha value is -0.820. The third-order valence-corrected chi connectivity index (χ3v) is 4.46. The van der Waals surface area contributed by atoms with Gasteiger partial charge in [0.05, 0.1) is 0 Å². The van der Waals surface area contributed by atoms with E-state index in [0.717, 1.165) is 19.0 Å². The summed E-state index contributed by atoms with van der Waals surface area (Å²) in [5, 5.41) is 3.62. The van der Waals surface area contributed by atoms with Gasteiger partial charge in [-0.15, -0.1) is 0 Å². The van der Waals surface area contributed by atoms with Crippen LogP contribution in [0.3, 0.4) is 0 Å². The number of rotatable bonds is 5. The molecule has 0 spiro atoms. The highest BCUT2D eigenvalue weighted by molar-refractivity contribution is 5.32. The molecule has 0 aromatic heterocycles. The van der Waals surface area contributed by atoms with Crippen molar-refractivity contribution in [2.75, 3.05) is 13.1 Å². The zero-order chi connectivity index (χ0) is 12.3. The van der Waals surface area contributed by atoms with E-state index in [2.05, 4.69) is 50.4 Å². The fourth-order valence-electron chi connectivity index (χ4n) is 2.95. The second-order valence-corrected chi connectivity index (χ2v) is 5.64. The van der Waals surface area contributed by atoms with Gasteiger partial charge < -0.3 is 5.32 Å². The Labute approximate surface area is 106 Å². The summed E-state index contributed by atoms with van der Waals surface area (Å²) in [5.74, 6) is 0.814. The van der Waals surface area contributed by atoms with Gasteiger partial charge in [0, 0.05) is 12.0 Å². The molecule has 1 aromatic carbocycles. The van der Waals surface area contributed by atoms with Crippen LogP contribution in [0.2, 0.25) is 0 Å². The molecule has 0 radical (unpaired) electrons. The van der Waals surface area contributed by atoms with Crippen molar-refractivity contribution in [1.29, 1.82) is 0 Å². The molecular weight excluding hydrogens is 206 g/mol. The van der Waals surface area contributed by atoms with Gasteiger partial charge in [0.2, 0.25) is 0 Å². The molecule has 1 aliphatic carbocycles. The van der Waals surface area contributed by atoms with Crippen molar-refractivity contribution in [3.8, 4) is 0 Å². The van der Waals surface area contributed by atoms with Crippen molar-refractivity contribution < 1.29 is 0 Å². The van der Waals surface area contributed by atoms with E-state index in [0.29, 0.717) is 5.41 Å². The summed E-state index contributed by atoms with van der Waals surface area (Å²) in [6.45, 7) is 9.08. The Morgan fingerprint density at radius 1 is 1.29 bits per heavy atom. The van der Waals surface area contributed by atoms with E-state index in [-0.39, 0.29) is 0 Å². The topological polar surface area (TPSA) is 12.0 Å². The zero-order valence-electron chi connectivity index (χ0n) is 11.4. The quantitative estimate of drug-likeness (QED) is 0.763. The fourth-order valence-corrected chi connectivity index (χ4v) is 2.95. The summed E-state index contributed by atoms with van der Waals surface area (Å²) in [5.41, 5.74) is 3.30. The van der Waals surface area contributed by atoms with Crippen LogP contribution in [0.15, 0.2) is 24.3 Å². The van der Waals surface area contributed by atoms with E-state index in [4.69, 9.17) is 0 Å². The minimum absolute atomic E-state index is 0.406. The highest BCUT2D eigenvalue weighted by Gasteiger charge is 2.44. The normalized spacial score (nSPS) is 27.8. The second kappa shape index (κ2) is 5.22. The van der Waals surface area contributed by atoms with Gasteiger partial charge >= 0.3 is 0 Å². The van der Waals surface area contributed by atoms with Gasteiger partial charge in [0.15, 0.2) is 0 Å². The van der Waals surface area contributed by atoms with Crippen molar-refractivity contribution in [2.24, 2.45) is 5.92 Å². The van der Waals surface area contributed by atoms with Crippen LogP contribution in [0, 0.1) is 12.8 Å². The number of aryl methyl sites for hydroxylation is 1. The van der Waals surface area contributed by atoms with Crippen molar-refractivity contribution in [2.45, 2.75) is 45.4 Å². The number of nitrogens with one attached hydrogen (secondary N) is 1. The Kier molecular flexibility index (Phi) is 3.88. The third-order valence-electron chi connectivity index (χ3n) is 4.46. The maximum absolute atomic E-state index is 3.62. The number of hydrogen-bond acceptors (Lipinski definition) is 1. The van der Waals surface area contributed by atoms with Gasteiger partial charge in [-0.25, -0.2) is 0 Å². The molecule has 94 valence electrons. The first-order valence-electron chi connectivity index (χ1n) is 6.97. The lowest BCUT2D eigenvalue weighted by Gasteiger charge is -2.49.